The van der Waals surface area contributed by atoms with Gasteiger partial charge < -0.3 is 4.90 Å². The van der Waals surface area contributed by atoms with Crippen LogP contribution in [0.1, 0.15) is 44.9 Å². The number of hydrogen-bond acceptors (Lipinski definition) is 1. The van der Waals surface area contributed by atoms with Gasteiger partial charge in [-0.25, -0.2) is 0 Å². The van der Waals surface area contributed by atoms with Gasteiger partial charge in [0.05, 0.1) is 0 Å². The summed E-state index contributed by atoms with van der Waals surface area (Å²) in [6, 6.07) is 0.807. The van der Waals surface area contributed by atoms with Gasteiger partial charge in [-0.2, -0.15) is 0 Å². The van der Waals surface area contributed by atoms with Crippen LogP contribution >= 0.6 is 11.6 Å². The maximum absolute atomic E-state index is 5.86. The number of piperidine rings is 1. The van der Waals surface area contributed by atoms with E-state index >= 15 is 0 Å². The van der Waals surface area contributed by atoms with Gasteiger partial charge in [-0.05, 0) is 44.6 Å². The fourth-order valence-electron chi connectivity index (χ4n) is 2.76. The molecule has 14 heavy (non-hydrogen) atoms. The lowest BCUT2D eigenvalue weighted by atomic mass is 9.84. The van der Waals surface area contributed by atoms with Crippen LogP contribution in [0.5, 0.6) is 0 Å². The van der Waals surface area contributed by atoms with Crippen molar-refractivity contribution < 1.29 is 0 Å². The molecule has 0 aromatic heterocycles. The number of nitrogens with zero attached hydrogens (tertiary/aromatic N) is 1. The van der Waals surface area contributed by atoms with Crippen molar-refractivity contribution in [3.8, 4) is 0 Å². The van der Waals surface area contributed by atoms with E-state index in [2.05, 4.69) is 4.90 Å². The number of halogens is 1. The Morgan fingerprint density at radius 3 is 2.57 bits per heavy atom. The highest BCUT2D eigenvalue weighted by molar-refractivity contribution is 6.17. The summed E-state index contributed by atoms with van der Waals surface area (Å²) < 4.78 is 0. The van der Waals surface area contributed by atoms with Crippen LogP contribution in [0.3, 0.4) is 0 Å². The maximum atomic E-state index is 5.86. The number of hydrogen-bond donors (Lipinski definition) is 0. The van der Waals surface area contributed by atoms with Crippen molar-refractivity contribution in [2.45, 2.75) is 51.0 Å². The minimum Gasteiger partial charge on any atom is -0.300 e. The minimum atomic E-state index is 0.807. The van der Waals surface area contributed by atoms with E-state index in [9.17, 15) is 0 Å². The Morgan fingerprint density at radius 1 is 1.07 bits per heavy atom. The number of alkyl halides is 1. The highest BCUT2D eigenvalue weighted by Gasteiger charge is 2.26. The van der Waals surface area contributed by atoms with Gasteiger partial charge >= 0.3 is 0 Å². The van der Waals surface area contributed by atoms with Gasteiger partial charge in [0.15, 0.2) is 0 Å². The molecule has 0 amide bonds. The van der Waals surface area contributed by atoms with E-state index in [0.29, 0.717) is 0 Å². The third-order valence-corrected chi connectivity index (χ3v) is 4.13. The Labute approximate surface area is 92.8 Å². The molecular formula is C12H22ClN. The topological polar surface area (TPSA) is 3.24 Å². The molecule has 82 valence electrons. The first-order chi connectivity index (χ1) is 6.90. The van der Waals surface area contributed by atoms with Crippen LogP contribution in [0.25, 0.3) is 0 Å². The summed E-state index contributed by atoms with van der Waals surface area (Å²) in [7, 11) is 0. The summed E-state index contributed by atoms with van der Waals surface area (Å²) >= 11 is 5.86. The lowest BCUT2D eigenvalue weighted by molar-refractivity contribution is 0.0986. The van der Waals surface area contributed by atoms with Crippen molar-refractivity contribution in [1.82, 2.24) is 4.90 Å². The number of likely N-dealkylation sites (tertiary alicyclic amines) is 1. The Balaban J connectivity index is 1.78. The van der Waals surface area contributed by atoms with Gasteiger partial charge in [0, 0.05) is 18.5 Å². The fourth-order valence-corrected chi connectivity index (χ4v) is 3.01. The van der Waals surface area contributed by atoms with E-state index in [4.69, 9.17) is 11.6 Å². The van der Waals surface area contributed by atoms with Crippen molar-refractivity contribution in [2.75, 3.05) is 19.0 Å². The normalized spacial score (nSPS) is 30.2. The van der Waals surface area contributed by atoms with E-state index < -0.39 is 0 Å². The molecule has 1 aliphatic heterocycles. The fraction of sp³-hybridized carbons (Fsp3) is 1.00. The molecule has 2 fully saturated rings. The Hall–Kier alpha value is 0.250. The van der Waals surface area contributed by atoms with Crippen LogP contribution in [0.2, 0.25) is 0 Å². The first kappa shape index (κ1) is 10.8. The zero-order chi connectivity index (χ0) is 9.80. The van der Waals surface area contributed by atoms with Gasteiger partial charge in [0.25, 0.3) is 0 Å². The molecule has 1 heterocycles. The zero-order valence-electron chi connectivity index (χ0n) is 9.05. The smallest absolute Gasteiger partial charge is 0.0238 e. The Morgan fingerprint density at radius 2 is 1.93 bits per heavy atom. The average Bonchev–Trinajstić information content (AvgIpc) is 2.14. The molecule has 0 aromatic carbocycles. The standard InChI is InChI=1S/C12H22ClN/c13-8-7-12-6-1-2-9-14(12)10-11-4-3-5-11/h11-12H,1-10H2. The Bertz CT molecular complexity index is 166. The van der Waals surface area contributed by atoms with E-state index in [1.165, 1.54) is 58.0 Å². The van der Waals surface area contributed by atoms with Crippen molar-refractivity contribution in [3.63, 3.8) is 0 Å². The van der Waals surface area contributed by atoms with Crippen LogP contribution < -0.4 is 0 Å². The second kappa shape index (κ2) is 5.37. The molecule has 0 aromatic rings. The van der Waals surface area contributed by atoms with E-state index in [-0.39, 0.29) is 0 Å². The van der Waals surface area contributed by atoms with Crippen LogP contribution in [0, 0.1) is 5.92 Å². The molecular weight excluding hydrogens is 194 g/mol. The predicted molar refractivity (Wildman–Crippen MR) is 61.9 cm³/mol. The molecule has 2 rings (SSSR count). The quantitative estimate of drug-likeness (QED) is 0.651. The van der Waals surface area contributed by atoms with Crippen LogP contribution in [0.4, 0.5) is 0 Å². The van der Waals surface area contributed by atoms with Crippen molar-refractivity contribution >= 4 is 11.6 Å². The van der Waals surface area contributed by atoms with Crippen molar-refractivity contribution in [3.05, 3.63) is 0 Å². The highest BCUT2D eigenvalue weighted by Crippen LogP contribution is 2.30. The molecule has 1 unspecified atom stereocenters. The van der Waals surface area contributed by atoms with E-state index in [0.717, 1.165) is 17.8 Å². The molecule has 2 aliphatic rings. The van der Waals surface area contributed by atoms with Gasteiger partial charge in [0.2, 0.25) is 0 Å². The lowest BCUT2D eigenvalue weighted by Gasteiger charge is -2.40. The first-order valence-electron chi connectivity index (χ1n) is 6.20. The molecule has 0 spiro atoms. The average molecular weight is 216 g/mol. The van der Waals surface area contributed by atoms with Gasteiger partial charge in [0.1, 0.15) is 0 Å². The summed E-state index contributed by atoms with van der Waals surface area (Å²) in [6.45, 7) is 2.69. The summed E-state index contributed by atoms with van der Waals surface area (Å²) in [5, 5.41) is 0. The minimum absolute atomic E-state index is 0.807. The molecule has 0 bridgehead atoms. The summed E-state index contributed by atoms with van der Waals surface area (Å²) in [5.41, 5.74) is 0. The van der Waals surface area contributed by atoms with Crippen LogP contribution in [-0.2, 0) is 0 Å². The van der Waals surface area contributed by atoms with Gasteiger partial charge in [-0.15, -0.1) is 11.6 Å². The molecule has 1 aliphatic carbocycles. The molecule has 0 radical (unpaired) electrons. The maximum Gasteiger partial charge on any atom is 0.0238 e. The molecule has 1 nitrogen and oxygen atoms in total. The molecule has 1 atom stereocenters. The lowest BCUT2D eigenvalue weighted by Crippen LogP contribution is -2.43. The van der Waals surface area contributed by atoms with Gasteiger partial charge in [-0.1, -0.05) is 12.8 Å². The van der Waals surface area contributed by atoms with E-state index in [1.54, 1.807) is 0 Å². The summed E-state index contributed by atoms with van der Waals surface area (Å²) in [5.74, 6) is 1.86. The SMILES string of the molecule is ClCCC1CCCCN1CC1CCC1. The predicted octanol–water partition coefficient (Wildman–Crippen LogP) is 3.27. The Kier molecular flexibility index (Phi) is 4.12. The first-order valence-corrected chi connectivity index (χ1v) is 6.73. The molecule has 1 saturated carbocycles. The van der Waals surface area contributed by atoms with Gasteiger partial charge in [-0.3, -0.25) is 0 Å². The molecule has 1 saturated heterocycles. The second-order valence-corrected chi connectivity index (χ2v) is 5.30. The third kappa shape index (κ3) is 2.64. The summed E-state index contributed by atoms with van der Waals surface area (Å²) in [4.78, 5) is 2.72. The second-order valence-electron chi connectivity index (χ2n) is 4.92. The van der Waals surface area contributed by atoms with Crippen LogP contribution in [0.15, 0.2) is 0 Å². The van der Waals surface area contributed by atoms with Crippen molar-refractivity contribution in [2.24, 2.45) is 5.92 Å². The highest BCUT2D eigenvalue weighted by atomic mass is 35.5. The largest absolute Gasteiger partial charge is 0.300 e. The van der Waals surface area contributed by atoms with Crippen molar-refractivity contribution in [1.29, 1.82) is 0 Å². The summed E-state index contributed by atoms with van der Waals surface area (Å²) in [6.07, 6.45) is 9.84. The number of rotatable bonds is 4. The monoisotopic (exact) mass is 215 g/mol. The third-order valence-electron chi connectivity index (χ3n) is 3.91. The zero-order valence-corrected chi connectivity index (χ0v) is 9.81. The molecule has 2 heteroatoms. The van der Waals surface area contributed by atoms with Crippen LogP contribution in [-0.4, -0.2) is 29.9 Å². The molecule has 0 N–H and O–H groups in total. The van der Waals surface area contributed by atoms with E-state index in [1.807, 2.05) is 0 Å².